The van der Waals surface area contributed by atoms with E-state index in [1.807, 2.05) is 32.0 Å². The molecule has 3 saturated heterocycles. The highest BCUT2D eigenvalue weighted by Crippen LogP contribution is 2.35. The number of ether oxygens (including phenoxy) is 2. The first-order chi connectivity index (χ1) is 12.0. The predicted octanol–water partition coefficient (Wildman–Crippen LogP) is 1.77. The zero-order chi connectivity index (χ0) is 17.6. The lowest BCUT2D eigenvalue weighted by Gasteiger charge is -2.39. The summed E-state index contributed by atoms with van der Waals surface area (Å²) >= 11 is 0. The second kappa shape index (κ2) is 6.20. The molecular formula is C19H24N2O4. The van der Waals surface area contributed by atoms with Crippen molar-refractivity contribution in [2.24, 2.45) is 0 Å². The van der Waals surface area contributed by atoms with Gasteiger partial charge in [0.25, 0.3) is 5.91 Å². The first kappa shape index (κ1) is 16.7. The van der Waals surface area contributed by atoms with E-state index in [9.17, 15) is 9.59 Å². The Balaban J connectivity index is 1.51. The van der Waals surface area contributed by atoms with Crippen LogP contribution in [0.5, 0.6) is 0 Å². The second-order valence-electron chi connectivity index (χ2n) is 7.22. The fourth-order valence-corrected chi connectivity index (χ4v) is 4.08. The van der Waals surface area contributed by atoms with E-state index in [-0.39, 0.29) is 24.3 Å². The third kappa shape index (κ3) is 2.88. The summed E-state index contributed by atoms with van der Waals surface area (Å²) in [5.41, 5.74) is 2.70. The molecular weight excluding hydrogens is 320 g/mol. The van der Waals surface area contributed by atoms with E-state index in [2.05, 4.69) is 4.90 Å². The smallest absolute Gasteiger partial charge is 0.251 e. The van der Waals surface area contributed by atoms with Crippen molar-refractivity contribution in [3.63, 3.8) is 0 Å². The Morgan fingerprint density at radius 3 is 2.44 bits per heavy atom. The quantitative estimate of drug-likeness (QED) is 0.766. The Bertz CT molecular complexity index is 701. The molecule has 3 aliphatic rings. The van der Waals surface area contributed by atoms with Gasteiger partial charge in [0.15, 0.2) is 5.79 Å². The van der Waals surface area contributed by atoms with Crippen LogP contribution in [0.2, 0.25) is 0 Å². The highest BCUT2D eigenvalue weighted by molar-refractivity contribution is 6.22. The lowest BCUT2D eigenvalue weighted by Crippen LogP contribution is -2.51. The molecule has 2 amide bonds. The van der Waals surface area contributed by atoms with Gasteiger partial charge in [0, 0.05) is 25.9 Å². The maximum absolute atomic E-state index is 13.0. The monoisotopic (exact) mass is 344 g/mol. The highest BCUT2D eigenvalue weighted by Gasteiger charge is 2.47. The zero-order valence-corrected chi connectivity index (χ0v) is 14.8. The molecule has 134 valence electrons. The molecule has 0 aromatic heterocycles. The minimum atomic E-state index is -0.463. The molecule has 3 fully saturated rings. The van der Waals surface area contributed by atoms with Crippen LogP contribution >= 0.6 is 0 Å². The number of nitrogens with zero attached hydrogens (tertiary/aromatic N) is 2. The Kier molecular flexibility index (Phi) is 4.14. The molecule has 1 atom stereocenters. The van der Waals surface area contributed by atoms with Crippen LogP contribution in [0.4, 0.5) is 5.69 Å². The van der Waals surface area contributed by atoms with Crippen LogP contribution in [-0.2, 0) is 19.1 Å². The van der Waals surface area contributed by atoms with Crippen LogP contribution in [0.15, 0.2) is 18.2 Å². The number of benzene rings is 1. The molecule has 0 bridgehead atoms. The van der Waals surface area contributed by atoms with Gasteiger partial charge in [-0.1, -0.05) is 12.1 Å². The normalized spacial score (nSPS) is 26.8. The Hall–Kier alpha value is -1.76. The fourth-order valence-electron chi connectivity index (χ4n) is 4.08. The van der Waals surface area contributed by atoms with Gasteiger partial charge in [-0.05, 0) is 31.0 Å². The van der Waals surface area contributed by atoms with E-state index in [0.717, 1.165) is 24.0 Å². The number of aryl methyl sites for hydroxylation is 2. The number of carbonyl (C=O) groups excluding carboxylic acids is 2. The number of amides is 2. The lowest BCUT2D eigenvalue weighted by molar-refractivity contribution is -0.188. The second-order valence-corrected chi connectivity index (χ2v) is 7.22. The van der Waals surface area contributed by atoms with E-state index in [1.54, 1.807) is 0 Å². The summed E-state index contributed by atoms with van der Waals surface area (Å²) in [5, 5.41) is 0. The summed E-state index contributed by atoms with van der Waals surface area (Å²) < 4.78 is 11.5. The van der Waals surface area contributed by atoms with Crippen molar-refractivity contribution in [3.05, 3.63) is 29.3 Å². The van der Waals surface area contributed by atoms with E-state index >= 15 is 0 Å². The van der Waals surface area contributed by atoms with Gasteiger partial charge in [0.1, 0.15) is 0 Å². The molecule has 3 heterocycles. The van der Waals surface area contributed by atoms with Crippen LogP contribution in [-0.4, -0.2) is 54.8 Å². The highest BCUT2D eigenvalue weighted by atomic mass is 16.7. The number of piperidine rings is 1. The molecule has 1 spiro atoms. The first-order valence-corrected chi connectivity index (χ1v) is 8.95. The number of rotatable bonds is 2. The zero-order valence-electron chi connectivity index (χ0n) is 14.8. The summed E-state index contributed by atoms with van der Waals surface area (Å²) in [4.78, 5) is 29.1. The molecule has 0 saturated carbocycles. The van der Waals surface area contributed by atoms with Gasteiger partial charge in [0.2, 0.25) is 5.91 Å². The van der Waals surface area contributed by atoms with Crippen LogP contribution in [0.25, 0.3) is 0 Å². The molecule has 1 aromatic carbocycles. The molecule has 6 nitrogen and oxygen atoms in total. The van der Waals surface area contributed by atoms with Crippen LogP contribution in [0.3, 0.4) is 0 Å². The molecule has 0 N–H and O–H groups in total. The molecule has 6 heteroatoms. The minimum Gasteiger partial charge on any atom is -0.347 e. The minimum absolute atomic E-state index is 0.108. The van der Waals surface area contributed by atoms with Crippen LogP contribution in [0, 0.1) is 13.8 Å². The van der Waals surface area contributed by atoms with Crippen molar-refractivity contribution >= 4 is 17.5 Å². The van der Waals surface area contributed by atoms with Crippen molar-refractivity contribution in [1.29, 1.82) is 0 Å². The van der Waals surface area contributed by atoms with E-state index in [0.29, 0.717) is 32.0 Å². The van der Waals surface area contributed by atoms with Crippen molar-refractivity contribution in [2.45, 2.75) is 44.9 Å². The molecule has 0 aliphatic carbocycles. The summed E-state index contributed by atoms with van der Waals surface area (Å²) in [5.74, 6) is -0.685. The number of hydrogen-bond acceptors (Lipinski definition) is 5. The van der Waals surface area contributed by atoms with Gasteiger partial charge < -0.3 is 9.47 Å². The molecule has 0 radical (unpaired) electrons. The molecule has 25 heavy (non-hydrogen) atoms. The summed E-state index contributed by atoms with van der Waals surface area (Å²) in [6.45, 7) is 6.61. The van der Waals surface area contributed by atoms with Gasteiger partial charge in [-0.25, -0.2) is 4.90 Å². The van der Waals surface area contributed by atoms with Gasteiger partial charge >= 0.3 is 0 Å². The number of carbonyl (C=O) groups is 2. The standard InChI is InChI=1S/C19H24N2O4/c1-13-3-4-14(2)15(11-13)21-17(22)12-16(18(21)23)20-7-5-19(6-8-20)24-9-10-25-19/h3-4,11,16H,5-10,12H2,1-2H3/t16-/m0/s1. The van der Waals surface area contributed by atoms with Gasteiger partial charge in [-0.2, -0.15) is 0 Å². The Labute approximate surface area is 147 Å². The third-order valence-corrected chi connectivity index (χ3v) is 5.54. The third-order valence-electron chi connectivity index (χ3n) is 5.54. The van der Waals surface area contributed by atoms with Crippen molar-refractivity contribution < 1.29 is 19.1 Å². The largest absolute Gasteiger partial charge is 0.347 e. The fraction of sp³-hybridized carbons (Fsp3) is 0.579. The maximum Gasteiger partial charge on any atom is 0.251 e. The van der Waals surface area contributed by atoms with Gasteiger partial charge in [-0.3, -0.25) is 14.5 Å². The summed E-state index contributed by atoms with van der Waals surface area (Å²) in [7, 11) is 0. The summed E-state index contributed by atoms with van der Waals surface area (Å²) in [6, 6.07) is 5.50. The molecule has 0 unspecified atom stereocenters. The molecule has 3 aliphatic heterocycles. The lowest BCUT2D eigenvalue weighted by atomic mass is 10.0. The number of imide groups is 1. The number of anilines is 1. The molecule has 4 rings (SSSR count). The van der Waals surface area contributed by atoms with Gasteiger partial charge in [0.05, 0.1) is 31.4 Å². The van der Waals surface area contributed by atoms with Gasteiger partial charge in [-0.15, -0.1) is 0 Å². The first-order valence-electron chi connectivity index (χ1n) is 8.95. The van der Waals surface area contributed by atoms with E-state index in [4.69, 9.17) is 9.47 Å². The van der Waals surface area contributed by atoms with E-state index < -0.39 is 5.79 Å². The van der Waals surface area contributed by atoms with Crippen LogP contribution < -0.4 is 4.90 Å². The summed E-state index contributed by atoms with van der Waals surface area (Å²) in [6.07, 6.45) is 1.74. The Morgan fingerprint density at radius 1 is 1.08 bits per heavy atom. The number of likely N-dealkylation sites (tertiary alicyclic amines) is 1. The van der Waals surface area contributed by atoms with Crippen molar-refractivity contribution in [2.75, 3.05) is 31.2 Å². The maximum atomic E-state index is 13.0. The Morgan fingerprint density at radius 2 is 1.76 bits per heavy atom. The van der Waals surface area contributed by atoms with E-state index in [1.165, 1.54) is 4.90 Å². The molecule has 1 aromatic rings. The SMILES string of the molecule is Cc1ccc(C)c(N2C(=O)C[C@H](N3CCC4(CC3)OCCO4)C2=O)c1. The van der Waals surface area contributed by atoms with Crippen molar-refractivity contribution in [1.82, 2.24) is 4.90 Å². The van der Waals surface area contributed by atoms with Crippen LogP contribution in [0.1, 0.15) is 30.4 Å². The topological polar surface area (TPSA) is 59.1 Å². The van der Waals surface area contributed by atoms with Crippen molar-refractivity contribution in [3.8, 4) is 0 Å². The number of hydrogen-bond donors (Lipinski definition) is 0. The predicted molar refractivity (Wildman–Crippen MR) is 92.3 cm³/mol. The average Bonchev–Trinajstić information content (AvgIpc) is 3.16. The average molecular weight is 344 g/mol.